The highest BCUT2D eigenvalue weighted by atomic mass is 32.1. The van der Waals surface area contributed by atoms with Crippen molar-refractivity contribution >= 4 is 17.3 Å². The highest BCUT2D eigenvalue weighted by Crippen LogP contribution is 2.29. The predicted molar refractivity (Wildman–Crippen MR) is 90.1 cm³/mol. The molecule has 2 nitrogen and oxygen atoms in total. The summed E-state index contributed by atoms with van der Waals surface area (Å²) in [6.45, 7) is 2.72. The normalized spacial score (nSPS) is 21.8. The highest BCUT2D eigenvalue weighted by molar-refractivity contribution is 7.80. The van der Waals surface area contributed by atoms with Crippen molar-refractivity contribution in [2.45, 2.75) is 51.4 Å². The molecule has 0 heterocycles. The number of thiocarbonyl (C=S) groups is 1. The van der Waals surface area contributed by atoms with Crippen LogP contribution in [-0.4, -0.2) is 23.1 Å². The second-order valence-corrected chi connectivity index (χ2v) is 6.76. The predicted octanol–water partition coefficient (Wildman–Crippen LogP) is 4.59. The molecule has 23 heavy (non-hydrogen) atoms. The molecule has 128 valence electrons. The van der Waals surface area contributed by atoms with Gasteiger partial charge in [-0.2, -0.15) is 13.2 Å². The Morgan fingerprint density at radius 3 is 2.39 bits per heavy atom. The van der Waals surface area contributed by atoms with Gasteiger partial charge in [0.2, 0.25) is 0 Å². The summed E-state index contributed by atoms with van der Waals surface area (Å²) in [6, 6.07) is 5.63. The van der Waals surface area contributed by atoms with E-state index in [1.54, 1.807) is 0 Å². The van der Waals surface area contributed by atoms with Gasteiger partial charge in [0.25, 0.3) is 0 Å². The first-order valence-corrected chi connectivity index (χ1v) is 8.36. The summed E-state index contributed by atoms with van der Waals surface area (Å²) in [6.07, 6.45) is 0.525. The minimum atomic E-state index is -4.29. The molecule has 6 heteroatoms. The molecule has 0 unspecified atom stereocenters. The maximum atomic E-state index is 12.6. The van der Waals surface area contributed by atoms with Gasteiger partial charge in [0, 0.05) is 19.6 Å². The maximum absolute atomic E-state index is 12.6. The van der Waals surface area contributed by atoms with Crippen molar-refractivity contribution in [1.29, 1.82) is 0 Å². The SMILES string of the molecule is C[C@@H]1CCCC[C@@H]1NC(=S)N(C)Cc1ccc(C(F)(F)F)cc1. The van der Waals surface area contributed by atoms with E-state index >= 15 is 0 Å². The molecule has 1 aliphatic carbocycles. The van der Waals surface area contributed by atoms with Gasteiger partial charge in [-0.05, 0) is 48.7 Å². The Kier molecular flexibility index (Phi) is 5.89. The van der Waals surface area contributed by atoms with Gasteiger partial charge in [-0.1, -0.05) is 31.9 Å². The van der Waals surface area contributed by atoms with Crippen LogP contribution in [0.5, 0.6) is 0 Å². The molecule has 1 saturated carbocycles. The number of hydrogen-bond acceptors (Lipinski definition) is 1. The minimum absolute atomic E-state index is 0.395. The van der Waals surface area contributed by atoms with Crippen LogP contribution < -0.4 is 5.32 Å². The van der Waals surface area contributed by atoms with Crippen LogP contribution in [0, 0.1) is 5.92 Å². The third kappa shape index (κ3) is 5.09. The lowest BCUT2D eigenvalue weighted by atomic mass is 9.86. The Morgan fingerprint density at radius 1 is 1.22 bits per heavy atom. The summed E-state index contributed by atoms with van der Waals surface area (Å²) in [4.78, 5) is 1.87. The van der Waals surface area contributed by atoms with E-state index in [1.807, 2.05) is 11.9 Å². The Balaban J connectivity index is 1.90. The van der Waals surface area contributed by atoms with Crippen LogP contribution >= 0.6 is 12.2 Å². The quantitative estimate of drug-likeness (QED) is 0.808. The lowest BCUT2D eigenvalue weighted by Gasteiger charge is -2.33. The zero-order chi connectivity index (χ0) is 17.0. The molecule has 2 atom stereocenters. The van der Waals surface area contributed by atoms with Gasteiger partial charge >= 0.3 is 6.18 Å². The summed E-state index contributed by atoms with van der Waals surface area (Å²) < 4.78 is 37.7. The molecule has 0 aliphatic heterocycles. The Labute approximate surface area is 141 Å². The lowest BCUT2D eigenvalue weighted by Crippen LogP contribution is -2.46. The molecule has 0 saturated heterocycles. The Hall–Kier alpha value is -1.30. The third-order valence-corrected chi connectivity index (χ3v) is 4.90. The van der Waals surface area contributed by atoms with E-state index in [0.29, 0.717) is 23.6 Å². The zero-order valence-corrected chi connectivity index (χ0v) is 14.3. The average molecular weight is 344 g/mol. The molecular weight excluding hydrogens is 321 g/mol. The third-order valence-electron chi connectivity index (χ3n) is 4.47. The van der Waals surface area contributed by atoms with Crippen molar-refractivity contribution in [2.75, 3.05) is 7.05 Å². The van der Waals surface area contributed by atoms with Gasteiger partial charge in [-0.15, -0.1) is 0 Å². The zero-order valence-electron chi connectivity index (χ0n) is 13.5. The number of hydrogen-bond donors (Lipinski definition) is 1. The monoisotopic (exact) mass is 344 g/mol. The van der Waals surface area contributed by atoms with Crippen LogP contribution in [0.1, 0.15) is 43.7 Å². The van der Waals surface area contributed by atoms with Gasteiger partial charge in [0.1, 0.15) is 0 Å². The molecule has 2 rings (SSSR count). The fourth-order valence-electron chi connectivity index (χ4n) is 2.94. The standard InChI is InChI=1S/C17H23F3N2S/c1-12-5-3-4-6-15(12)21-16(23)22(2)11-13-7-9-14(10-8-13)17(18,19)20/h7-10,12,15H,3-6,11H2,1-2H3,(H,21,23)/t12-,15+/m1/s1. The van der Waals surface area contributed by atoms with Gasteiger partial charge in [0.15, 0.2) is 5.11 Å². The number of rotatable bonds is 3. The smallest absolute Gasteiger partial charge is 0.360 e. The fourth-order valence-corrected chi connectivity index (χ4v) is 3.16. The molecular formula is C17H23F3N2S. The summed E-state index contributed by atoms with van der Waals surface area (Å²) in [5.74, 6) is 0.598. The summed E-state index contributed by atoms with van der Waals surface area (Å²) in [5.41, 5.74) is 0.182. The largest absolute Gasteiger partial charge is 0.416 e. The fraction of sp³-hybridized carbons (Fsp3) is 0.588. The van der Waals surface area contributed by atoms with Crippen molar-refractivity contribution in [3.63, 3.8) is 0 Å². The second kappa shape index (κ2) is 7.51. The van der Waals surface area contributed by atoms with Crippen molar-refractivity contribution in [3.05, 3.63) is 35.4 Å². The van der Waals surface area contributed by atoms with Crippen molar-refractivity contribution in [3.8, 4) is 0 Å². The lowest BCUT2D eigenvalue weighted by molar-refractivity contribution is -0.137. The van der Waals surface area contributed by atoms with E-state index in [1.165, 1.54) is 31.4 Å². The summed E-state index contributed by atoms with van der Waals surface area (Å²) >= 11 is 5.43. The number of nitrogens with zero attached hydrogens (tertiary/aromatic N) is 1. The first kappa shape index (κ1) is 18.0. The van der Waals surface area contributed by atoms with Crippen molar-refractivity contribution in [2.24, 2.45) is 5.92 Å². The topological polar surface area (TPSA) is 15.3 Å². The molecule has 0 radical (unpaired) electrons. The molecule has 0 spiro atoms. The van der Waals surface area contributed by atoms with E-state index in [-0.39, 0.29) is 0 Å². The van der Waals surface area contributed by atoms with Gasteiger partial charge in [-0.3, -0.25) is 0 Å². The maximum Gasteiger partial charge on any atom is 0.416 e. The summed E-state index contributed by atoms with van der Waals surface area (Å²) in [7, 11) is 1.86. The Morgan fingerprint density at radius 2 is 1.83 bits per heavy atom. The van der Waals surface area contributed by atoms with Crippen LogP contribution in [0.2, 0.25) is 0 Å². The molecule has 0 amide bonds. The first-order valence-electron chi connectivity index (χ1n) is 7.95. The van der Waals surface area contributed by atoms with Crippen LogP contribution in [0.25, 0.3) is 0 Å². The van der Waals surface area contributed by atoms with Gasteiger partial charge in [-0.25, -0.2) is 0 Å². The molecule has 0 bridgehead atoms. The number of benzene rings is 1. The number of nitrogens with one attached hydrogen (secondary N) is 1. The van der Waals surface area contributed by atoms with E-state index < -0.39 is 11.7 Å². The molecule has 0 aromatic heterocycles. The van der Waals surface area contributed by atoms with Crippen molar-refractivity contribution in [1.82, 2.24) is 10.2 Å². The molecule has 1 N–H and O–H groups in total. The Bertz CT molecular complexity index is 528. The van der Waals surface area contributed by atoms with Gasteiger partial charge in [0.05, 0.1) is 5.56 Å². The van der Waals surface area contributed by atoms with Crippen LogP contribution in [-0.2, 0) is 12.7 Å². The molecule has 1 aromatic carbocycles. The second-order valence-electron chi connectivity index (χ2n) is 6.37. The first-order chi connectivity index (χ1) is 10.8. The van der Waals surface area contributed by atoms with Crippen molar-refractivity contribution < 1.29 is 13.2 Å². The molecule has 1 fully saturated rings. The van der Waals surface area contributed by atoms with Crippen LogP contribution in [0.15, 0.2) is 24.3 Å². The summed E-state index contributed by atoms with van der Waals surface area (Å²) in [5, 5.41) is 4.06. The van der Waals surface area contributed by atoms with Crippen LogP contribution in [0.3, 0.4) is 0 Å². The van der Waals surface area contributed by atoms with E-state index in [0.717, 1.165) is 24.1 Å². The van der Waals surface area contributed by atoms with Crippen LogP contribution in [0.4, 0.5) is 13.2 Å². The number of halogens is 3. The van der Waals surface area contributed by atoms with E-state index in [9.17, 15) is 13.2 Å². The molecule has 1 aromatic rings. The van der Waals surface area contributed by atoms with Gasteiger partial charge < -0.3 is 10.2 Å². The van der Waals surface area contributed by atoms with E-state index in [2.05, 4.69) is 12.2 Å². The molecule has 1 aliphatic rings. The van der Waals surface area contributed by atoms with E-state index in [4.69, 9.17) is 12.2 Å². The highest BCUT2D eigenvalue weighted by Gasteiger charge is 2.30. The number of alkyl halides is 3. The average Bonchev–Trinajstić information content (AvgIpc) is 2.49. The minimum Gasteiger partial charge on any atom is -0.360 e.